The molecule has 1 aromatic carbocycles. The lowest BCUT2D eigenvalue weighted by molar-refractivity contribution is -0.153. The Kier molecular flexibility index (Phi) is 8.15. The minimum Gasteiger partial charge on any atom is -0.508 e. The standard InChI is InChI=1S/C31H41N3O7S/c1-33(2)20-14-16(7-5-6-15-8-10-42-11-9-15)25(35)22-18(20)12-17-13-19-24(34(3)4)27(37)23(30(32)40)29(39)31(19,41)28(38)21(17)26(22)36/h14-15,17,19,24,35-36,39,41H,5-13H2,1-4H3,(H2,32,40)/t17-,19-,24?,31-/m0/s1. The summed E-state index contributed by atoms with van der Waals surface area (Å²) >= 11 is 1.99. The van der Waals surface area contributed by atoms with Crippen molar-refractivity contribution >= 4 is 40.7 Å². The van der Waals surface area contributed by atoms with E-state index in [1.54, 1.807) is 14.1 Å². The van der Waals surface area contributed by atoms with E-state index in [-0.39, 0.29) is 29.7 Å². The smallest absolute Gasteiger partial charge is 0.255 e. The van der Waals surface area contributed by atoms with Crippen LogP contribution in [0.15, 0.2) is 23.0 Å². The highest BCUT2D eigenvalue weighted by Gasteiger charge is 2.64. The van der Waals surface area contributed by atoms with Gasteiger partial charge in [0, 0.05) is 31.3 Å². The Hall–Kier alpha value is -3.02. The molecule has 4 atom stereocenters. The van der Waals surface area contributed by atoms with Crippen molar-refractivity contribution in [2.75, 3.05) is 44.6 Å². The first-order valence-corrected chi connectivity index (χ1v) is 15.7. The summed E-state index contributed by atoms with van der Waals surface area (Å²) in [5, 5.41) is 46.0. The molecule has 5 rings (SSSR count). The molecule has 1 aliphatic heterocycles. The SMILES string of the molecule is CN(C)c1cc(CCCC2CCSCC2)c(O)c2c1C[C@H]1C[C@H]3C(N(C)C)C(=O)C(C(N)=O)=C(O)[C@@]3(O)C(=O)C1=C2O. The van der Waals surface area contributed by atoms with E-state index < -0.39 is 58.0 Å². The van der Waals surface area contributed by atoms with Gasteiger partial charge in [-0.1, -0.05) is 6.42 Å². The molecule has 228 valence electrons. The summed E-state index contributed by atoms with van der Waals surface area (Å²) in [5.74, 6) is -3.28. The molecule has 1 amide bonds. The average Bonchev–Trinajstić information content (AvgIpc) is 2.92. The van der Waals surface area contributed by atoms with Crippen molar-refractivity contribution in [2.24, 2.45) is 23.5 Å². The van der Waals surface area contributed by atoms with Crippen LogP contribution in [0.5, 0.6) is 5.75 Å². The number of carbonyl (C=O) groups is 3. The molecule has 0 radical (unpaired) electrons. The fourth-order valence-corrected chi connectivity index (χ4v) is 8.76. The zero-order valence-electron chi connectivity index (χ0n) is 24.6. The predicted molar refractivity (Wildman–Crippen MR) is 162 cm³/mol. The summed E-state index contributed by atoms with van der Waals surface area (Å²) in [7, 11) is 6.94. The van der Waals surface area contributed by atoms with Gasteiger partial charge in [0.25, 0.3) is 5.91 Å². The van der Waals surface area contributed by atoms with Crippen molar-refractivity contribution in [3.05, 3.63) is 39.7 Å². The van der Waals surface area contributed by atoms with Crippen LogP contribution in [-0.4, -0.2) is 94.1 Å². The number of phenols is 1. The Morgan fingerprint density at radius 3 is 2.38 bits per heavy atom. The van der Waals surface area contributed by atoms with Crippen LogP contribution >= 0.6 is 11.8 Å². The van der Waals surface area contributed by atoms with Gasteiger partial charge in [-0.25, -0.2) is 0 Å². The first kappa shape index (κ1) is 30.4. The van der Waals surface area contributed by atoms with E-state index >= 15 is 0 Å². The predicted octanol–water partition coefficient (Wildman–Crippen LogP) is 2.50. The van der Waals surface area contributed by atoms with Crippen molar-refractivity contribution in [1.82, 2.24) is 4.90 Å². The summed E-state index contributed by atoms with van der Waals surface area (Å²) in [4.78, 5) is 43.0. The molecule has 10 nitrogen and oxygen atoms in total. The number of anilines is 1. The van der Waals surface area contributed by atoms with Crippen molar-refractivity contribution in [2.45, 2.75) is 56.6 Å². The molecule has 3 aliphatic carbocycles. The van der Waals surface area contributed by atoms with E-state index in [0.29, 0.717) is 23.5 Å². The van der Waals surface area contributed by atoms with Crippen molar-refractivity contribution < 1.29 is 34.8 Å². The number of aliphatic hydroxyl groups is 3. The topological polar surface area (TPSA) is 165 Å². The lowest BCUT2D eigenvalue weighted by atomic mass is 9.57. The van der Waals surface area contributed by atoms with Crippen LogP contribution in [0.1, 0.15) is 48.8 Å². The molecule has 1 saturated carbocycles. The molecule has 0 spiro atoms. The van der Waals surface area contributed by atoms with Crippen molar-refractivity contribution in [1.29, 1.82) is 0 Å². The van der Waals surface area contributed by atoms with Crippen LogP contribution < -0.4 is 10.6 Å². The van der Waals surface area contributed by atoms with Crippen molar-refractivity contribution in [3.63, 3.8) is 0 Å². The molecule has 1 unspecified atom stereocenters. The number of primary amides is 1. The van der Waals surface area contributed by atoms with Crippen LogP contribution in [0.2, 0.25) is 0 Å². The molecule has 0 bridgehead atoms. The molecule has 4 aliphatic rings. The van der Waals surface area contributed by atoms with Crippen molar-refractivity contribution in [3.8, 4) is 5.75 Å². The summed E-state index contributed by atoms with van der Waals surface area (Å²) < 4.78 is 0. The van der Waals surface area contributed by atoms with E-state index in [0.717, 1.165) is 18.5 Å². The number of ketones is 2. The number of carbonyl (C=O) groups excluding carboxylic acids is 3. The molecule has 42 heavy (non-hydrogen) atoms. The minimum absolute atomic E-state index is 0.0703. The molecule has 1 aromatic rings. The average molecular weight is 600 g/mol. The zero-order valence-corrected chi connectivity index (χ0v) is 25.5. The van der Waals surface area contributed by atoms with Crippen LogP contribution in [-0.2, 0) is 27.2 Å². The van der Waals surface area contributed by atoms with E-state index in [1.165, 1.54) is 29.2 Å². The molecule has 0 aromatic heterocycles. The number of aryl methyl sites for hydroxylation is 1. The third kappa shape index (κ3) is 4.69. The number of hydrogen-bond donors (Lipinski definition) is 5. The van der Waals surface area contributed by atoms with Gasteiger partial charge < -0.3 is 31.1 Å². The van der Waals surface area contributed by atoms with Gasteiger partial charge in [-0.3, -0.25) is 19.3 Å². The van der Waals surface area contributed by atoms with Crippen LogP contribution in [0, 0.1) is 17.8 Å². The summed E-state index contributed by atoms with van der Waals surface area (Å²) in [5.41, 5.74) is 4.15. The highest BCUT2D eigenvalue weighted by Crippen LogP contribution is 2.54. The summed E-state index contributed by atoms with van der Waals surface area (Å²) in [6.45, 7) is 0. The lowest BCUT2D eigenvalue weighted by Crippen LogP contribution is -2.65. The molecule has 11 heteroatoms. The number of nitrogens with zero attached hydrogens (tertiary/aromatic N) is 2. The number of amides is 1. The monoisotopic (exact) mass is 599 g/mol. The fourth-order valence-electron chi connectivity index (χ4n) is 7.55. The Morgan fingerprint density at radius 1 is 1.12 bits per heavy atom. The van der Waals surface area contributed by atoms with E-state index in [4.69, 9.17) is 5.73 Å². The first-order chi connectivity index (χ1) is 19.8. The van der Waals surface area contributed by atoms with Gasteiger partial charge in [0.05, 0.1) is 11.6 Å². The normalized spacial score (nSPS) is 28.1. The largest absolute Gasteiger partial charge is 0.508 e. The highest BCUT2D eigenvalue weighted by atomic mass is 32.2. The number of thioether (sulfide) groups is 1. The molecular formula is C31H41N3O7S. The lowest BCUT2D eigenvalue weighted by Gasteiger charge is -2.50. The van der Waals surface area contributed by atoms with E-state index in [9.17, 15) is 34.8 Å². The van der Waals surface area contributed by atoms with Gasteiger partial charge in [0.1, 0.15) is 22.8 Å². The van der Waals surface area contributed by atoms with Gasteiger partial charge in [0.2, 0.25) is 5.78 Å². The Bertz CT molecular complexity index is 1400. The van der Waals surface area contributed by atoms with Gasteiger partial charge in [-0.2, -0.15) is 11.8 Å². The first-order valence-electron chi connectivity index (χ1n) is 14.6. The summed E-state index contributed by atoms with van der Waals surface area (Å²) in [6.07, 6.45) is 5.27. The Balaban J connectivity index is 1.60. The Labute approximate surface area is 250 Å². The van der Waals surface area contributed by atoms with Gasteiger partial charge in [0.15, 0.2) is 11.4 Å². The molecule has 1 saturated heterocycles. The number of aliphatic hydroxyl groups excluding tert-OH is 2. The number of nitrogens with two attached hydrogens (primary N) is 1. The number of Topliss-reactive ketones (excluding diaryl/α,β-unsaturated/α-hetero) is 2. The van der Waals surface area contributed by atoms with Crippen LogP contribution in [0.3, 0.4) is 0 Å². The van der Waals surface area contributed by atoms with Gasteiger partial charge in [-0.15, -0.1) is 0 Å². The van der Waals surface area contributed by atoms with Crippen LogP contribution in [0.25, 0.3) is 5.76 Å². The minimum atomic E-state index is -2.64. The third-order valence-corrected chi connectivity index (χ3v) is 10.7. The number of benzene rings is 1. The van der Waals surface area contributed by atoms with E-state index in [1.807, 2.05) is 36.8 Å². The maximum atomic E-state index is 14.1. The number of aromatic hydroxyl groups is 1. The Morgan fingerprint density at radius 2 is 1.79 bits per heavy atom. The van der Waals surface area contributed by atoms with Gasteiger partial charge in [-0.05, 0) is 93.2 Å². The molecule has 6 N–H and O–H groups in total. The maximum absolute atomic E-state index is 14.1. The molecular weight excluding hydrogens is 558 g/mol. The third-order valence-electron chi connectivity index (χ3n) is 9.66. The van der Waals surface area contributed by atoms with E-state index in [2.05, 4.69) is 0 Å². The second kappa shape index (κ2) is 11.2. The number of rotatable bonds is 7. The summed E-state index contributed by atoms with van der Waals surface area (Å²) in [6, 6.07) is 0.847. The second-order valence-electron chi connectivity index (χ2n) is 12.6. The fraction of sp³-hybridized carbons (Fsp3) is 0.581. The maximum Gasteiger partial charge on any atom is 0.255 e. The zero-order chi connectivity index (χ0) is 30.7. The molecule has 1 heterocycles. The number of hydrogen-bond acceptors (Lipinski definition) is 10. The number of phenolic OH excluding ortho intramolecular Hbond substituents is 1. The number of fused-ring (bicyclic) bond motifs is 3. The van der Waals surface area contributed by atoms with Crippen LogP contribution in [0.4, 0.5) is 5.69 Å². The second-order valence-corrected chi connectivity index (χ2v) is 13.8. The highest BCUT2D eigenvalue weighted by molar-refractivity contribution is 7.99. The van der Waals surface area contributed by atoms with Gasteiger partial charge >= 0.3 is 0 Å². The quantitative estimate of drug-likeness (QED) is 0.294. The molecule has 2 fully saturated rings. The number of likely N-dealkylation sites (N-methyl/N-ethyl adjacent to an activating group) is 1.